The maximum absolute atomic E-state index is 11.8. The molecule has 0 amide bonds. The molecule has 32 heavy (non-hydrogen) atoms. The molecule has 0 bridgehead atoms. The molecule has 1 heterocycles. The third-order valence-electron chi connectivity index (χ3n) is 5.84. The van der Waals surface area contributed by atoms with E-state index >= 15 is 0 Å². The van der Waals surface area contributed by atoms with Gasteiger partial charge < -0.3 is 14.1 Å². The normalized spacial score (nSPS) is 12.3. The lowest BCUT2D eigenvalue weighted by atomic mass is 9.92. The predicted molar refractivity (Wildman–Crippen MR) is 132 cm³/mol. The summed E-state index contributed by atoms with van der Waals surface area (Å²) in [5.41, 5.74) is 4.81. The Bertz CT molecular complexity index is 1210. The molecule has 0 spiro atoms. The molecule has 0 N–H and O–H groups in total. The Labute approximate surface area is 190 Å². The van der Waals surface area contributed by atoms with Crippen molar-refractivity contribution in [1.82, 2.24) is 4.57 Å². The molecule has 0 radical (unpaired) electrons. The highest BCUT2D eigenvalue weighted by atomic mass is 16.5. The molecule has 4 rings (SSSR count). The summed E-state index contributed by atoms with van der Waals surface area (Å²) >= 11 is 0. The SMILES string of the molecule is COc1ccc2c(c1)c(C(/C=C/c1ccccc1)CCC(C)=O)cn2Cc1ccccc1. The Morgan fingerprint density at radius 1 is 1.00 bits per heavy atom. The lowest BCUT2D eigenvalue weighted by Gasteiger charge is -2.12. The highest BCUT2D eigenvalue weighted by Gasteiger charge is 2.18. The van der Waals surface area contributed by atoms with E-state index in [1.165, 1.54) is 22.0 Å². The monoisotopic (exact) mass is 423 g/mol. The molecule has 3 aromatic carbocycles. The number of nitrogens with zero attached hydrogens (tertiary/aromatic N) is 1. The number of methoxy groups -OCH3 is 1. The number of hydrogen-bond donors (Lipinski definition) is 0. The Balaban J connectivity index is 1.78. The first kappa shape index (κ1) is 21.6. The summed E-state index contributed by atoms with van der Waals surface area (Å²) in [4.78, 5) is 11.8. The molecule has 0 saturated heterocycles. The second kappa shape index (κ2) is 10.1. The molecule has 1 unspecified atom stereocenters. The van der Waals surface area contributed by atoms with Crippen LogP contribution in [-0.4, -0.2) is 17.5 Å². The summed E-state index contributed by atoms with van der Waals surface area (Å²) in [6.07, 6.45) is 7.97. The van der Waals surface area contributed by atoms with Gasteiger partial charge in [0.25, 0.3) is 0 Å². The Morgan fingerprint density at radius 2 is 1.72 bits per heavy atom. The summed E-state index contributed by atoms with van der Waals surface area (Å²) in [6.45, 7) is 2.46. The number of aromatic nitrogens is 1. The van der Waals surface area contributed by atoms with Gasteiger partial charge in [0, 0.05) is 36.0 Å². The number of fused-ring (bicyclic) bond motifs is 1. The molecule has 0 saturated carbocycles. The lowest BCUT2D eigenvalue weighted by molar-refractivity contribution is -0.117. The summed E-state index contributed by atoms with van der Waals surface area (Å²) in [5.74, 6) is 1.19. The first-order valence-electron chi connectivity index (χ1n) is 11.1. The molecule has 0 fully saturated rings. The minimum atomic E-state index is 0.130. The zero-order valence-corrected chi connectivity index (χ0v) is 18.7. The molecule has 0 aliphatic heterocycles. The summed E-state index contributed by atoms with van der Waals surface area (Å²) < 4.78 is 7.83. The van der Waals surface area contributed by atoms with Gasteiger partial charge in [-0.05, 0) is 48.2 Å². The van der Waals surface area contributed by atoms with Crippen LogP contribution in [-0.2, 0) is 11.3 Å². The largest absolute Gasteiger partial charge is 0.497 e. The Kier molecular flexibility index (Phi) is 6.86. The van der Waals surface area contributed by atoms with E-state index in [1.54, 1.807) is 14.0 Å². The minimum absolute atomic E-state index is 0.130. The van der Waals surface area contributed by atoms with Crippen molar-refractivity contribution in [3.05, 3.63) is 108 Å². The molecular weight excluding hydrogens is 394 g/mol. The van der Waals surface area contributed by atoms with E-state index in [-0.39, 0.29) is 11.7 Å². The summed E-state index contributed by atoms with van der Waals surface area (Å²) in [5, 5.41) is 1.17. The van der Waals surface area contributed by atoms with Crippen LogP contribution in [0.3, 0.4) is 0 Å². The van der Waals surface area contributed by atoms with Crippen LogP contribution in [0, 0.1) is 0 Å². The van der Waals surface area contributed by atoms with E-state index in [9.17, 15) is 4.79 Å². The maximum atomic E-state index is 11.8. The van der Waals surface area contributed by atoms with Gasteiger partial charge in [-0.1, -0.05) is 72.8 Å². The highest BCUT2D eigenvalue weighted by molar-refractivity contribution is 5.86. The van der Waals surface area contributed by atoms with Crippen LogP contribution in [0.25, 0.3) is 17.0 Å². The van der Waals surface area contributed by atoms with Crippen LogP contribution in [0.4, 0.5) is 0 Å². The van der Waals surface area contributed by atoms with Gasteiger partial charge in [-0.3, -0.25) is 0 Å². The minimum Gasteiger partial charge on any atom is -0.497 e. The van der Waals surface area contributed by atoms with E-state index < -0.39 is 0 Å². The molecule has 4 aromatic rings. The van der Waals surface area contributed by atoms with Crippen molar-refractivity contribution < 1.29 is 9.53 Å². The molecule has 0 aliphatic rings. The van der Waals surface area contributed by atoms with Crippen LogP contribution in [0.5, 0.6) is 5.75 Å². The van der Waals surface area contributed by atoms with Gasteiger partial charge >= 0.3 is 0 Å². The van der Waals surface area contributed by atoms with Gasteiger partial charge in [0.15, 0.2) is 0 Å². The first-order valence-corrected chi connectivity index (χ1v) is 11.1. The number of carbonyl (C=O) groups excluding carboxylic acids is 1. The van der Waals surface area contributed by atoms with Gasteiger partial charge in [0.2, 0.25) is 0 Å². The Morgan fingerprint density at radius 3 is 2.41 bits per heavy atom. The number of carbonyl (C=O) groups is 1. The fraction of sp³-hybridized carbons (Fsp3) is 0.207. The molecule has 0 aliphatic carbocycles. The van der Waals surface area contributed by atoms with Gasteiger partial charge in [0.1, 0.15) is 11.5 Å². The van der Waals surface area contributed by atoms with Crippen molar-refractivity contribution >= 4 is 22.8 Å². The second-order valence-electron chi connectivity index (χ2n) is 8.20. The van der Waals surface area contributed by atoms with E-state index in [2.05, 4.69) is 71.4 Å². The van der Waals surface area contributed by atoms with Gasteiger partial charge in [0.05, 0.1) is 7.11 Å². The molecule has 1 atom stereocenters. The molecule has 3 heteroatoms. The second-order valence-corrected chi connectivity index (χ2v) is 8.20. The molecule has 1 aromatic heterocycles. The topological polar surface area (TPSA) is 31.2 Å². The summed E-state index contributed by atoms with van der Waals surface area (Å²) in [6, 6.07) is 27.0. The Hall–Kier alpha value is -3.59. The van der Waals surface area contributed by atoms with E-state index in [0.29, 0.717) is 6.42 Å². The molecule has 162 valence electrons. The van der Waals surface area contributed by atoms with Crippen LogP contribution >= 0.6 is 0 Å². The fourth-order valence-corrected chi connectivity index (χ4v) is 4.14. The van der Waals surface area contributed by atoms with Gasteiger partial charge in [-0.25, -0.2) is 0 Å². The third kappa shape index (κ3) is 5.17. The van der Waals surface area contributed by atoms with Crippen molar-refractivity contribution in [3.8, 4) is 5.75 Å². The number of Topliss-reactive ketones (excluding diaryl/α,β-unsaturated/α-hetero) is 1. The van der Waals surface area contributed by atoms with Crippen LogP contribution in [0.2, 0.25) is 0 Å². The smallest absolute Gasteiger partial charge is 0.129 e. The van der Waals surface area contributed by atoms with Gasteiger partial charge in [-0.2, -0.15) is 0 Å². The van der Waals surface area contributed by atoms with Crippen LogP contribution in [0.1, 0.15) is 42.4 Å². The number of allylic oxidation sites excluding steroid dienone is 1. The number of hydrogen-bond acceptors (Lipinski definition) is 2. The van der Waals surface area contributed by atoms with Crippen molar-refractivity contribution in [2.24, 2.45) is 0 Å². The standard InChI is InChI=1S/C29H29NO2/c1-22(31)13-15-25(16-14-23-9-5-3-6-10-23)28-21-30(20-24-11-7-4-8-12-24)29-18-17-26(32-2)19-27(28)29/h3-12,14,16-19,21,25H,13,15,20H2,1-2H3/b16-14+. The molecule has 3 nitrogen and oxygen atoms in total. The lowest BCUT2D eigenvalue weighted by Crippen LogP contribution is -2.00. The number of ketones is 1. The fourth-order valence-electron chi connectivity index (χ4n) is 4.14. The zero-order valence-electron chi connectivity index (χ0n) is 18.7. The quantitative estimate of drug-likeness (QED) is 0.294. The first-order chi connectivity index (χ1) is 15.6. The maximum Gasteiger partial charge on any atom is 0.129 e. The average molecular weight is 424 g/mol. The van der Waals surface area contributed by atoms with Crippen LogP contribution < -0.4 is 4.74 Å². The van der Waals surface area contributed by atoms with E-state index in [4.69, 9.17) is 4.74 Å². The number of rotatable bonds is 9. The van der Waals surface area contributed by atoms with Crippen LogP contribution in [0.15, 0.2) is 91.1 Å². The van der Waals surface area contributed by atoms with Crippen molar-refractivity contribution in [2.45, 2.75) is 32.2 Å². The number of ether oxygens (including phenoxy) is 1. The third-order valence-corrected chi connectivity index (χ3v) is 5.84. The predicted octanol–water partition coefficient (Wildman–Crippen LogP) is 6.86. The van der Waals surface area contributed by atoms with E-state index in [0.717, 1.165) is 24.3 Å². The number of benzene rings is 3. The van der Waals surface area contributed by atoms with Gasteiger partial charge in [-0.15, -0.1) is 0 Å². The van der Waals surface area contributed by atoms with Crippen molar-refractivity contribution in [2.75, 3.05) is 7.11 Å². The highest BCUT2D eigenvalue weighted by Crippen LogP contribution is 2.35. The van der Waals surface area contributed by atoms with Crippen molar-refractivity contribution in [3.63, 3.8) is 0 Å². The van der Waals surface area contributed by atoms with Crippen molar-refractivity contribution in [1.29, 1.82) is 0 Å². The zero-order chi connectivity index (χ0) is 22.3. The molecular formula is C29H29NO2. The average Bonchev–Trinajstić information content (AvgIpc) is 3.17. The summed E-state index contributed by atoms with van der Waals surface area (Å²) in [7, 11) is 1.70. The van der Waals surface area contributed by atoms with E-state index in [1.807, 2.05) is 30.3 Å².